The van der Waals surface area contributed by atoms with Crippen LogP contribution in [0.25, 0.3) is 0 Å². The quantitative estimate of drug-likeness (QED) is 0.926. The van der Waals surface area contributed by atoms with Crippen LogP contribution < -0.4 is 4.90 Å². The molecule has 3 rings (SSSR count). The molecule has 0 aromatic heterocycles. The van der Waals surface area contributed by atoms with E-state index in [0.717, 1.165) is 26.2 Å². The number of phenols is 1. The highest BCUT2D eigenvalue weighted by Gasteiger charge is 2.35. The van der Waals surface area contributed by atoms with E-state index in [1.165, 1.54) is 6.07 Å². The van der Waals surface area contributed by atoms with Crippen LogP contribution in [0.3, 0.4) is 0 Å². The molecular formula is C16H22ClN3O2. The topological polar surface area (TPSA) is 47.0 Å². The third-order valence-electron chi connectivity index (χ3n) is 4.31. The molecule has 1 aromatic rings. The third kappa shape index (κ3) is 3.01. The predicted molar refractivity (Wildman–Crippen MR) is 87.7 cm³/mol. The summed E-state index contributed by atoms with van der Waals surface area (Å²) in [5.41, 5.74) is 0.901. The molecule has 0 bridgehead atoms. The number of nitrogens with zero attached hydrogens (tertiary/aromatic N) is 3. The van der Waals surface area contributed by atoms with Crippen LogP contribution in [-0.4, -0.2) is 60.2 Å². The summed E-state index contributed by atoms with van der Waals surface area (Å²) in [4.78, 5) is 18.3. The second-order valence-corrected chi connectivity index (χ2v) is 7.37. The summed E-state index contributed by atoms with van der Waals surface area (Å²) >= 11 is 5.97. The van der Waals surface area contributed by atoms with Crippen LogP contribution >= 0.6 is 11.6 Å². The van der Waals surface area contributed by atoms with Crippen molar-refractivity contribution in [1.29, 1.82) is 0 Å². The van der Waals surface area contributed by atoms with Gasteiger partial charge in [0.15, 0.2) is 0 Å². The van der Waals surface area contributed by atoms with Crippen LogP contribution in [0, 0.1) is 5.41 Å². The molecule has 2 aliphatic heterocycles. The van der Waals surface area contributed by atoms with Gasteiger partial charge >= 0.3 is 6.03 Å². The molecule has 1 N–H and O–H groups in total. The summed E-state index contributed by atoms with van der Waals surface area (Å²) in [6.07, 6.45) is 0. The average Bonchev–Trinajstić information content (AvgIpc) is 2.78. The van der Waals surface area contributed by atoms with E-state index < -0.39 is 0 Å². The van der Waals surface area contributed by atoms with Gasteiger partial charge < -0.3 is 14.9 Å². The zero-order valence-electron chi connectivity index (χ0n) is 13.0. The number of amides is 2. The van der Waals surface area contributed by atoms with Gasteiger partial charge in [0.25, 0.3) is 0 Å². The molecule has 2 saturated heterocycles. The monoisotopic (exact) mass is 323 g/mol. The van der Waals surface area contributed by atoms with Crippen molar-refractivity contribution in [3.8, 4) is 5.75 Å². The van der Waals surface area contributed by atoms with Crippen molar-refractivity contribution in [2.75, 3.05) is 44.2 Å². The van der Waals surface area contributed by atoms with Crippen molar-refractivity contribution in [3.05, 3.63) is 23.2 Å². The first kappa shape index (κ1) is 15.4. The van der Waals surface area contributed by atoms with E-state index >= 15 is 0 Å². The number of hydrogen-bond donors (Lipinski definition) is 1. The average molecular weight is 324 g/mol. The van der Waals surface area contributed by atoms with Gasteiger partial charge in [0, 0.05) is 44.3 Å². The maximum Gasteiger partial charge on any atom is 0.324 e. The number of aromatic hydroxyl groups is 1. The molecule has 0 saturated carbocycles. The van der Waals surface area contributed by atoms with Crippen LogP contribution in [0.4, 0.5) is 10.5 Å². The number of carbonyl (C=O) groups is 1. The first-order valence-corrected chi connectivity index (χ1v) is 8.01. The van der Waals surface area contributed by atoms with Crippen LogP contribution in [0.2, 0.25) is 5.02 Å². The van der Waals surface area contributed by atoms with Crippen LogP contribution in [0.15, 0.2) is 18.2 Å². The zero-order valence-corrected chi connectivity index (χ0v) is 13.8. The maximum absolute atomic E-state index is 12.5. The number of benzene rings is 1. The summed E-state index contributed by atoms with van der Waals surface area (Å²) in [5, 5.41) is 10.5. The molecule has 2 fully saturated rings. The van der Waals surface area contributed by atoms with Gasteiger partial charge in [-0.2, -0.15) is 0 Å². The Morgan fingerprint density at radius 3 is 2.64 bits per heavy atom. The molecular weight excluding hydrogens is 302 g/mol. The first-order valence-electron chi connectivity index (χ1n) is 7.63. The Balaban J connectivity index is 1.59. The van der Waals surface area contributed by atoms with Crippen LogP contribution in [0.1, 0.15) is 13.8 Å². The standard InChI is InChI=1S/C16H22ClN3O2/c1-16(2)10-18(11-16)5-6-19-7-8-20(15(19)22)13-9-12(17)3-4-14(13)21/h3-4,9,21H,5-8,10-11H2,1-2H3. The van der Waals surface area contributed by atoms with Gasteiger partial charge in [-0.15, -0.1) is 0 Å². The number of phenolic OH excluding ortho intramolecular Hbond substituents is 1. The SMILES string of the molecule is CC1(C)CN(CCN2CCN(c3cc(Cl)ccc3O)C2=O)C1. The van der Waals surface area contributed by atoms with Crippen molar-refractivity contribution in [1.82, 2.24) is 9.80 Å². The van der Waals surface area contributed by atoms with E-state index in [1.807, 2.05) is 4.90 Å². The number of urea groups is 1. The Labute approximate surface area is 136 Å². The number of anilines is 1. The molecule has 0 spiro atoms. The lowest BCUT2D eigenvalue weighted by Gasteiger charge is -2.46. The van der Waals surface area contributed by atoms with E-state index in [-0.39, 0.29) is 11.8 Å². The van der Waals surface area contributed by atoms with E-state index in [4.69, 9.17) is 11.6 Å². The smallest absolute Gasteiger partial charge is 0.324 e. The fourth-order valence-corrected chi connectivity index (χ4v) is 3.48. The zero-order chi connectivity index (χ0) is 15.9. The lowest BCUT2D eigenvalue weighted by molar-refractivity contribution is 0.0273. The highest BCUT2D eigenvalue weighted by Crippen LogP contribution is 2.33. The molecule has 1 aromatic carbocycles. The number of hydrogen-bond acceptors (Lipinski definition) is 3. The largest absolute Gasteiger partial charge is 0.506 e. The molecule has 0 unspecified atom stereocenters. The molecule has 0 atom stereocenters. The number of likely N-dealkylation sites (tertiary alicyclic amines) is 1. The minimum absolute atomic E-state index is 0.0580. The van der Waals surface area contributed by atoms with E-state index in [9.17, 15) is 9.90 Å². The van der Waals surface area contributed by atoms with Gasteiger partial charge in [-0.25, -0.2) is 4.79 Å². The maximum atomic E-state index is 12.5. The summed E-state index contributed by atoms with van der Waals surface area (Å²) in [7, 11) is 0. The van der Waals surface area contributed by atoms with E-state index in [2.05, 4.69) is 18.7 Å². The van der Waals surface area contributed by atoms with Gasteiger partial charge in [-0.3, -0.25) is 4.90 Å². The Morgan fingerprint density at radius 1 is 1.23 bits per heavy atom. The first-order chi connectivity index (χ1) is 10.4. The number of rotatable bonds is 4. The van der Waals surface area contributed by atoms with Crippen LogP contribution in [-0.2, 0) is 0 Å². The fourth-order valence-electron chi connectivity index (χ4n) is 3.31. The van der Waals surface area contributed by atoms with Gasteiger partial charge in [0.1, 0.15) is 5.75 Å². The minimum Gasteiger partial charge on any atom is -0.506 e. The normalized spacial score (nSPS) is 21.3. The van der Waals surface area contributed by atoms with Gasteiger partial charge in [0.05, 0.1) is 5.69 Å². The number of halogens is 1. The second-order valence-electron chi connectivity index (χ2n) is 6.93. The molecule has 2 heterocycles. The Morgan fingerprint density at radius 2 is 1.95 bits per heavy atom. The summed E-state index contributed by atoms with van der Waals surface area (Å²) in [6, 6.07) is 4.72. The van der Waals surface area contributed by atoms with Gasteiger partial charge in [0.2, 0.25) is 0 Å². The lowest BCUT2D eigenvalue weighted by atomic mass is 9.84. The van der Waals surface area contributed by atoms with Gasteiger partial charge in [-0.1, -0.05) is 25.4 Å². The molecule has 5 nitrogen and oxygen atoms in total. The highest BCUT2D eigenvalue weighted by atomic mass is 35.5. The molecule has 2 amide bonds. The molecule has 0 aliphatic carbocycles. The molecule has 6 heteroatoms. The van der Waals surface area contributed by atoms with Crippen molar-refractivity contribution in [3.63, 3.8) is 0 Å². The third-order valence-corrected chi connectivity index (χ3v) is 4.55. The lowest BCUT2D eigenvalue weighted by Crippen LogP contribution is -2.54. The van der Waals surface area contributed by atoms with Crippen LogP contribution in [0.5, 0.6) is 5.75 Å². The minimum atomic E-state index is -0.0580. The highest BCUT2D eigenvalue weighted by molar-refractivity contribution is 6.31. The molecule has 22 heavy (non-hydrogen) atoms. The van der Waals surface area contributed by atoms with Gasteiger partial charge in [-0.05, 0) is 23.6 Å². The van der Waals surface area contributed by atoms with E-state index in [0.29, 0.717) is 29.2 Å². The Kier molecular flexibility index (Phi) is 3.95. The number of carbonyl (C=O) groups excluding carboxylic acids is 1. The fraction of sp³-hybridized carbons (Fsp3) is 0.562. The van der Waals surface area contributed by atoms with Crippen molar-refractivity contribution < 1.29 is 9.90 Å². The summed E-state index contributed by atoms with van der Waals surface area (Å²) in [5.74, 6) is 0.0871. The second kappa shape index (κ2) is 5.63. The summed E-state index contributed by atoms with van der Waals surface area (Å²) < 4.78 is 0. The van der Waals surface area contributed by atoms with Crippen molar-refractivity contribution in [2.24, 2.45) is 5.41 Å². The van der Waals surface area contributed by atoms with E-state index in [1.54, 1.807) is 17.0 Å². The molecule has 120 valence electrons. The predicted octanol–water partition coefficient (Wildman–Crippen LogP) is 2.63. The molecule has 2 aliphatic rings. The molecule has 0 radical (unpaired) electrons. The Bertz CT molecular complexity index is 583. The summed E-state index contributed by atoms with van der Waals surface area (Å²) in [6.45, 7) is 9.60. The van der Waals surface area contributed by atoms with Crippen molar-refractivity contribution in [2.45, 2.75) is 13.8 Å². The Hall–Kier alpha value is -1.46. The van der Waals surface area contributed by atoms with Crippen molar-refractivity contribution >= 4 is 23.3 Å².